The molecule has 6 aliphatic rings. The Hall–Kier alpha value is 9.08. The van der Waals surface area contributed by atoms with Gasteiger partial charge in [0.1, 0.15) is 0 Å². The van der Waals surface area contributed by atoms with Crippen molar-refractivity contribution in [1.82, 2.24) is 9.13 Å². The van der Waals surface area contributed by atoms with Crippen LogP contribution in [0.2, 0.25) is 0 Å². The van der Waals surface area contributed by atoms with Gasteiger partial charge in [-0.05, 0) is 191 Å². The van der Waals surface area contributed by atoms with Gasteiger partial charge in [0.15, 0.2) is 0 Å². The molecule has 0 bridgehead atoms. The molecule has 0 saturated heterocycles. The molecular formula is C71H73BI22N4. The summed E-state index contributed by atoms with van der Waals surface area (Å²) in [6, 6.07) is 54.1. The van der Waals surface area contributed by atoms with Gasteiger partial charge in [-0.3, -0.25) is 0 Å². The molecule has 4 atom stereocenters. The van der Waals surface area contributed by atoms with Crippen LogP contribution in [0.4, 0.5) is 22.7 Å². The van der Waals surface area contributed by atoms with Crippen molar-refractivity contribution >= 4 is 392 Å². The van der Waals surface area contributed by atoms with E-state index >= 15 is 0 Å². The molecule has 4 nitrogen and oxygen atoms in total. The quantitative estimate of drug-likeness (QED) is 0.0948. The minimum atomic E-state index is -0.447. The third kappa shape index (κ3) is 15.2. The van der Waals surface area contributed by atoms with Crippen LogP contribution < -0.4 is 26.2 Å². The topological polar surface area (TPSA) is 16.3 Å². The third-order valence-electron chi connectivity index (χ3n) is 21.5. The molecule has 98 heavy (non-hydrogen) atoms. The minimum absolute atomic E-state index is 0. The van der Waals surface area contributed by atoms with Gasteiger partial charge >= 0.3 is 302 Å². The van der Waals surface area contributed by atoms with E-state index in [1.165, 1.54) is 184 Å². The predicted octanol–water partition coefficient (Wildman–Crippen LogP) is 36.2. The van der Waals surface area contributed by atoms with Gasteiger partial charge in [0, 0.05) is 72.0 Å². The van der Waals surface area contributed by atoms with E-state index in [4.69, 9.17) is 0 Å². The summed E-state index contributed by atoms with van der Waals surface area (Å²) in [5.41, 5.74) is 29.7. The van der Waals surface area contributed by atoms with Crippen LogP contribution in [0.3, 0.4) is 0 Å². The summed E-state index contributed by atoms with van der Waals surface area (Å²) in [4.78, 5) is 5.53. The number of nitrogens with zero attached hydrogens (tertiary/aromatic N) is 4. The number of rotatable bonds is 11. The second-order valence-corrected chi connectivity index (χ2v) is 514. The van der Waals surface area contributed by atoms with Crippen molar-refractivity contribution in [2.24, 2.45) is 0 Å². The molecule has 2 fully saturated rings. The molecule has 10 aromatic rings. The number of benzene rings is 8. The summed E-state index contributed by atoms with van der Waals surface area (Å²) in [7, 11) is -4.20. The van der Waals surface area contributed by atoms with Crippen LogP contribution in [-0.4, -0.2) is 26.9 Å². The van der Waals surface area contributed by atoms with Crippen molar-refractivity contribution in [3.05, 3.63) is 184 Å². The predicted molar refractivity (Wildman–Crippen MR) is 635 cm³/mol. The summed E-state index contributed by atoms with van der Waals surface area (Å²) in [6.07, 6.45) is 10.2. The number of para-hydroxylation sites is 2. The van der Waals surface area contributed by atoms with E-state index in [-0.39, 0.29) is 36.0 Å². The van der Waals surface area contributed by atoms with Crippen LogP contribution in [0.25, 0.3) is 55.0 Å². The zero-order valence-corrected chi connectivity index (χ0v) is 102. The molecule has 16 rings (SSSR count). The fraction of sp³-hybridized carbons (Fsp3) is 0.324. The molecule has 534 valence electrons. The van der Waals surface area contributed by atoms with Crippen LogP contribution in [0.5, 0.6) is 0 Å². The van der Waals surface area contributed by atoms with Gasteiger partial charge in [0.25, 0.3) is 6.71 Å². The number of hydrogen-bond donors (Lipinski definition) is 0. The molecule has 0 N–H and O–H groups in total. The van der Waals surface area contributed by atoms with Crippen molar-refractivity contribution in [1.29, 1.82) is 0 Å². The molecule has 2 aliphatic carbocycles. The average molecular weight is 3790 g/mol. The van der Waals surface area contributed by atoms with E-state index < -0.39 is 78.9 Å². The van der Waals surface area contributed by atoms with Crippen molar-refractivity contribution in [3.8, 4) is 11.4 Å². The van der Waals surface area contributed by atoms with Crippen molar-refractivity contribution in [3.63, 3.8) is 0 Å². The second kappa shape index (κ2) is 34.6. The van der Waals surface area contributed by atoms with E-state index in [0.717, 1.165) is 0 Å². The molecule has 27 heteroatoms. The van der Waals surface area contributed by atoms with Crippen molar-refractivity contribution in [2.75, 3.05) is 9.80 Å². The molecule has 4 unspecified atom stereocenters. The molecule has 2 saturated carbocycles. The van der Waals surface area contributed by atoms with E-state index in [9.17, 15) is 0 Å². The molecule has 0 radical (unpaired) electrons. The van der Waals surface area contributed by atoms with Crippen LogP contribution in [0, 0.1) is 41.5 Å². The number of aryl methyl sites for hydroxylation is 6. The van der Waals surface area contributed by atoms with Gasteiger partial charge in [-0.25, -0.2) is 0 Å². The first-order valence-electron chi connectivity index (χ1n) is 31.3. The van der Waals surface area contributed by atoms with Crippen molar-refractivity contribution in [2.45, 2.75) is 150 Å². The standard InChI is InChI=1S/C35H33BN2.C35H36N2.CH4.I22/c1-20-11-13-23-24-14-12-22(3)30-32(24)37(27(23)17-20)28-18-21(2)19-29-31(28)36(30)26-10-8-9-25-33(26)38(29)35(5)16-7-6-15-34(25,35)4;1-23-12-14-28-29-15-13-24(2)21-33(29)36(32(28)20-23)26-18-25(3)19-27(22-26)37-31-11-7-6-10-30(31)34(4)16-8-9-17-35(34,37)5;;1-13(2)15(5)17(7)19(9)21(11)22(12)20(10)18(8)16(6)14(3)4/h8-14,17-19H,6-7,15-16H2,1-5H3;6-7,10-15,18-22H,8-9,16-17H2,1-5H3;1H4;. The van der Waals surface area contributed by atoms with Crippen molar-refractivity contribution < 1.29 is 0 Å². The number of hydrogen-bond acceptors (Lipinski definition) is 2. The van der Waals surface area contributed by atoms with E-state index in [1.807, 2.05) is 0 Å². The monoisotopic (exact) mass is 3780 g/mol. The Morgan fingerprint density at radius 2 is 0.806 bits per heavy atom. The maximum atomic E-state index is 3.18. The Kier molecular flexibility index (Phi) is 30.0. The molecule has 0 spiro atoms. The first-order chi connectivity index (χ1) is 46.1. The summed E-state index contributed by atoms with van der Waals surface area (Å²) >= 11 is 36.7. The number of anilines is 4. The van der Waals surface area contributed by atoms with Gasteiger partial charge in [-0.15, -0.1) is 0 Å². The summed E-state index contributed by atoms with van der Waals surface area (Å²) in [5.74, 6) is 0. The summed E-state index contributed by atoms with van der Waals surface area (Å²) in [5, 5.41) is 5.39. The van der Waals surface area contributed by atoms with Gasteiger partial charge in [-0.2, -0.15) is 0 Å². The molecule has 6 heterocycles. The molecule has 2 aromatic heterocycles. The number of fused-ring (bicyclic) bond motifs is 16. The fourth-order valence-electron chi connectivity index (χ4n) is 17.1. The molecule has 4 aliphatic heterocycles. The van der Waals surface area contributed by atoms with Gasteiger partial charge in [0.05, 0.1) is 27.6 Å². The normalized spacial score (nSPS) is 22.1. The van der Waals surface area contributed by atoms with Crippen LogP contribution in [0.15, 0.2) is 140 Å². The first kappa shape index (κ1) is 85.0. The maximum absolute atomic E-state index is 3.18. The van der Waals surface area contributed by atoms with E-state index in [0.29, 0.717) is 0 Å². The Balaban J connectivity index is 0.000000137. The number of halogens is 22. The Morgan fingerprint density at radius 1 is 0.367 bits per heavy atom. The first-order valence-corrected chi connectivity index (χ1v) is 163. The third-order valence-corrected chi connectivity index (χ3v) is 1510. The zero-order chi connectivity index (χ0) is 69.0. The van der Waals surface area contributed by atoms with Gasteiger partial charge in [-0.1, -0.05) is 137 Å². The fourth-order valence-corrected chi connectivity index (χ4v) is 3370. The average Bonchev–Trinajstić information content (AvgIpc) is 1.47. The SMILES string of the molecule is C.Cc1cc(N2c3ccccc3C3(C)CCCCC23C)cc(-n2c3cc(C)ccc3c3ccc(C)cc32)c1.Cc1cc2c3c(c1)-n1c4cc(C)ccc4c4ccc(C)c(c41)B3c1cccc3c1N2C1(C)CCCCC31C.II(I)I(I)I(I)I(I)I(I)I(I)I(I)I(I)I(I)I(I)I. The van der Waals surface area contributed by atoms with Crippen LogP contribution >= 0.6 is 302 Å². The Bertz CT molecular complexity index is 4710. The summed E-state index contributed by atoms with van der Waals surface area (Å²) < 4.78 is 5.11. The van der Waals surface area contributed by atoms with Crippen LogP contribution in [0.1, 0.15) is 131 Å². The van der Waals surface area contributed by atoms with Gasteiger partial charge in [0.2, 0.25) is 0 Å². The molecule has 0 amide bonds. The Morgan fingerprint density at radius 3 is 1.36 bits per heavy atom. The Labute approximate surface area is 735 Å². The zero-order valence-electron chi connectivity index (χ0n) is 54.1. The molecule has 8 aromatic carbocycles. The van der Waals surface area contributed by atoms with E-state index in [1.54, 1.807) is 5.56 Å². The molecular weight excluding hydrogens is 3710 g/mol. The second-order valence-electron chi connectivity index (χ2n) is 26.8. The van der Waals surface area contributed by atoms with Gasteiger partial charge < -0.3 is 18.9 Å². The summed E-state index contributed by atoms with van der Waals surface area (Å²) in [6.45, 7) is 23.9. The number of aromatic nitrogens is 2. The van der Waals surface area contributed by atoms with Crippen LogP contribution in [-0.2, 0) is 10.8 Å². The van der Waals surface area contributed by atoms with E-state index in [2.05, 4.69) is 451 Å².